The first kappa shape index (κ1) is 21.0. The van der Waals surface area contributed by atoms with Gasteiger partial charge in [0.2, 0.25) is 0 Å². The van der Waals surface area contributed by atoms with Gasteiger partial charge in [-0.1, -0.05) is 17.3 Å². The van der Waals surface area contributed by atoms with E-state index in [1.54, 1.807) is 7.11 Å². The van der Waals surface area contributed by atoms with Crippen molar-refractivity contribution in [2.24, 2.45) is 0 Å². The summed E-state index contributed by atoms with van der Waals surface area (Å²) in [5.74, 6) is 2.06. The van der Waals surface area contributed by atoms with Gasteiger partial charge in [-0.25, -0.2) is 9.50 Å². The molecule has 1 aliphatic carbocycles. The fourth-order valence-corrected chi connectivity index (χ4v) is 5.38. The van der Waals surface area contributed by atoms with Gasteiger partial charge < -0.3 is 14.6 Å². The average molecular weight is 457 g/mol. The van der Waals surface area contributed by atoms with E-state index >= 15 is 0 Å². The Morgan fingerprint density at radius 1 is 1.15 bits per heavy atom. The highest BCUT2D eigenvalue weighted by atomic mass is 16.5. The van der Waals surface area contributed by atoms with Crippen LogP contribution >= 0.6 is 0 Å². The van der Waals surface area contributed by atoms with E-state index in [9.17, 15) is 0 Å². The SMILES string of the molecule is COc1ccc(-c2c(C)nn3c(C4NCCC=C4c4nc(C)no4)c4c(nc23)CCC4)c(C)c1. The van der Waals surface area contributed by atoms with E-state index in [0.717, 1.165) is 77.3 Å². The Balaban J connectivity index is 1.59. The minimum atomic E-state index is -0.0879. The molecule has 0 saturated heterocycles. The number of rotatable bonds is 4. The minimum absolute atomic E-state index is 0.0879. The Morgan fingerprint density at radius 2 is 2.03 bits per heavy atom. The lowest BCUT2D eigenvalue weighted by molar-refractivity contribution is 0.396. The number of fused-ring (bicyclic) bond motifs is 2. The molecule has 0 radical (unpaired) electrons. The third-order valence-corrected chi connectivity index (χ3v) is 6.92. The number of nitrogens with zero attached hydrogens (tertiary/aromatic N) is 5. The summed E-state index contributed by atoms with van der Waals surface area (Å²) in [6.07, 6.45) is 6.21. The van der Waals surface area contributed by atoms with E-state index in [4.69, 9.17) is 19.3 Å². The third-order valence-electron chi connectivity index (χ3n) is 6.92. The molecule has 1 aliphatic heterocycles. The smallest absolute Gasteiger partial charge is 0.255 e. The van der Waals surface area contributed by atoms with Gasteiger partial charge in [0.25, 0.3) is 5.89 Å². The zero-order valence-electron chi connectivity index (χ0n) is 20.0. The molecule has 34 heavy (non-hydrogen) atoms. The van der Waals surface area contributed by atoms with Crippen molar-refractivity contribution in [3.8, 4) is 16.9 Å². The molecule has 1 N–H and O–H groups in total. The molecule has 8 nitrogen and oxygen atoms in total. The quantitative estimate of drug-likeness (QED) is 0.489. The second-order valence-electron chi connectivity index (χ2n) is 9.13. The molecule has 4 heterocycles. The zero-order valence-corrected chi connectivity index (χ0v) is 20.0. The molecular weight excluding hydrogens is 428 g/mol. The first-order valence-electron chi connectivity index (χ1n) is 11.8. The number of aromatic nitrogens is 5. The molecule has 2 aliphatic rings. The van der Waals surface area contributed by atoms with E-state index in [2.05, 4.69) is 52.0 Å². The van der Waals surface area contributed by atoms with Crippen LogP contribution in [-0.2, 0) is 12.8 Å². The summed E-state index contributed by atoms with van der Waals surface area (Å²) in [6.45, 7) is 6.90. The van der Waals surface area contributed by atoms with Gasteiger partial charge in [0.1, 0.15) is 5.75 Å². The van der Waals surface area contributed by atoms with Crippen LogP contribution in [0.25, 0.3) is 22.3 Å². The lowest BCUT2D eigenvalue weighted by Gasteiger charge is -2.26. The van der Waals surface area contributed by atoms with Crippen LogP contribution in [0.4, 0.5) is 0 Å². The number of hydrogen-bond donors (Lipinski definition) is 1. The Kier molecular flexibility index (Phi) is 4.99. The molecule has 1 atom stereocenters. The zero-order chi connectivity index (χ0) is 23.4. The predicted octanol–water partition coefficient (Wildman–Crippen LogP) is 4.32. The van der Waals surface area contributed by atoms with Gasteiger partial charge in [0.15, 0.2) is 11.5 Å². The lowest BCUT2D eigenvalue weighted by atomic mass is 9.94. The first-order chi connectivity index (χ1) is 16.5. The molecule has 1 unspecified atom stereocenters. The summed E-state index contributed by atoms with van der Waals surface area (Å²) in [5.41, 5.74) is 9.81. The van der Waals surface area contributed by atoms with E-state index < -0.39 is 0 Å². The molecule has 4 aromatic rings. The molecule has 0 fully saturated rings. The summed E-state index contributed by atoms with van der Waals surface area (Å²) >= 11 is 0. The number of hydrogen-bond acceptors (Lipinski definition) is 7. The van der Waals surface area contributed by atoms with E-state index in [1.165, 1.54) is 11.3 Å². The number of nitrogens with one attached hydrogen (secondary N) is 1. The normalized spacial score (nSPS) is 17.8. The molecule has 3 aromatic heterocycles. The summed E-state index contributed by atoms with van der Waals surface area (Å²) in [7, 11) is 1.69. The molecule has 174 valence electrons. The highest BCUT2D eigenvalue weighted by Crippen LogP contribution is 2.40. The number of methoxy groups -OCH3 is 1. The van der Waals surface area contributed by atoms with Crippen molar-refractivity contribution in [3.05, 3.63) is 64.2 Å². The van der Waals surface area contributed by atoms with E-state index in [1.807, 2.05) is 13.0 Å². The van der Waals surface area contributed by atoms with Gasteiger partial charge >= 0.3 is 0 Å². The Hall–Kier alpha value is -3.52. The molecule has 6 rings (SSSR count). The van der Waals surface area contributed by atoms with Gasteiger partial charge in [-0.15, -0.1) is 0 Å². The van der Waals surface area contributed by atoms with Crippen molar-refractivity contribution in [1.82, 2.24) is 30.1 Å². The second-order valence-corrected chi connectivity index (χ2v) is 9.13. The molecule has 1 aromatic carbocycles. The third kappa shape index (κ3) is 3.24. The lowest BCUT2D eigenvalue weighted by Crippen LogP contribution is -2.30. The van der Waals surface area contributed by atoms with Crippen LogP contribution in [0.1, 0.15) is 58.8 Å². The number of benzene rings is 1. The number of ether oxygens (including phenoxy) is 1. The van der Waals surface area contributed by atoms with Crippen LogP contribution in [0, 0.1) is 20.8 Å². The van der Waals surface area contributed by atoms with Crippen molar-refractivity contribution in [3.63, 3.8) is 0 Å². The fraction of sp³-hybridized carbons (Fsp3) is 0.385. The van der Waals surface area contributed by atoms with Crippen molar-refractivity contribution in [2.75, 3.05) is 13.7 Å². The average Bonchev–Trinajstić information content (AvgIpc) is 3.56. The van der Waals surface area contributed by atoms with Gasteiger partial charge in [-0.05, 0) is 81.8 Å². The first-order valence-corrected chi connectivity index (χ1v) is 11.8. The molecular formula is C26H28N6O2. The molecule has 0 bridgehead atoms. The van der Waals surface area contributed by atoms with E-state index in [-0.39, 0.29) is 6.04 Å². The van der Waals surface area contributed by atoms with Crippen LogP contribution in [0.2, 0.25) is 0 Å². The Labute approximate surface area is 198 Å². The molecule has 0 saturated carbocycles. The van der Waals surface area contributed by atoms with Crippen LogP contribution in [0.15, 0.2) is 28.8 Å². The van der Waals surface area contributed by atoms with Crippen LogP contribution in [0.3, 0.4) is 0 Å². The summed E-state index contributed by atoms with van der Waals surface area (Å²) in [5, 5.41) is 12.8. The summed E-state index contributed by atoms with van der Waals surface area (Å²) in [4.78, 5) is 9.70. The maximum Gasteiger partial charge on any atom is 0.255 e. The molecule has 0 amide bonds. The number of aryl methyl sites for hydroxylation is 4. The summed E-state index contributed by atoms with van der Waals surface area (Å²) in [6, 6.07) is 6.09. The largest absolute Gasteiger partial charge is 0.497 e. The molecule has 0 spiro atoms. The van der Waals surface area contributed by atoms with Gasteiger partial charge in [-0.3, -0.25) is 0 Å². The van der Waals surface area contributed by atoms with Gasteiger partial charge in [-0.2, -0.15) is 10.1 Å². The van der Waals surface area contributed by atoms with Crippen LogP contribution < -0.4 is 10.1 Å². The topological polar surface area (TPSA) is 90.4 Å². The van der Waals surface area contributed by atoms with Gasteiger partial charge in [0, 0.05) is 16.8 Å². The van der Waals surface area contributed by atoms with Crippen molar-refractivity contribution < 1.29 is 9.26 Å². The Morgan fingerprint density at radius 3 is 2.79 bits per heavy atom. The van der Waals surface area contributed by atoms with Crippen molar-refractivity contribution in [1.29, 1.82) is 0 Å². The van der Waals surface area contributed by atoms with Crippen molar-refractivity contribution in [2.45, 2.75) is 52.5 Å². The van der Waals surface area contributed by atoms with Gasteiger partial charge in [0.05, 0.1) is 24.5 Å². The fourth-order valence-electron chi connectivity index (χ4n) is 5.38. The highest BCUT2D eigenvalue weighted by Gasteiger charge is 2.33. The maximum absolute atomic E-state index is 5.60. The molecule has 8 heteroatoms. The Bertz CT molecular complexity index is 1450. The van der Waals surface area contributed by atoms with E-state index in [0.29, 0.717) is 11.7 Å². The highest BCUT2D eigenvalue weighted by molar-refractivity contribution is 5.83. The standard InChI is InChI=1S/C26H28N6O2/c1-14-13-17(33-4)10-11-18(14)22-15(2)30-32-24(19-7-5-9-21(19)29-25(22)32)23-20(8-6-12-27-23)26-28-16(3)31-34-26/h8,10-11,13,23,27H,5-7,9,12H2,1-4H3. The van der Waals surface area contributed by atoms with Crippen molar-refractivity contribution >= 4 is 11.2 Å². The van der Waals surface area contributed by atoms with Crippen LogP contribution in [0.5, 0.6) is 5.75 Å². The maximum atomic E-state index is 5.60. The second kappa shape index (κ2) is 8.06. The predicted molar refractivity (Wildman–Crippen MR) is 129 cm³/mol. The monoisotopic (exact) mass is 456 g/mol. The minimum Gasteiger partial charge on any atom is -0.497 e. The van der Waals surface area contributed by atoms with Crippen LogP contribution in [-0.4, -0.2) is 38.4 Å². The summed E-state index contributed by atoms with van der Waals surface area (Å²) < 4.78 is 13.1.